The Labute approximate surface area is 689 Å². The molecule has 0 aliphatic carbocycles. The molecule has 8 nitrogen and oxygen atoms in total. The number of aryl methyl sites for hydroxylation is 12. The SMILES string of the molecule is Cc1[c-]c(-n2cccn2)cc(C)c1-c1ccc(-c2ccccc2)cc1.Cc1cc(-c2ccccc2)cc(C)c1-c1c[c-]c(-n2cccn2)cc1.Cc1cc(C)n(-c2[c-]c(C)c(-c3ccc(-c4ccccc4)cc3)c(C)c2)n1.Cc1cc(C)n(-c2[c-]ccc(-c3c(C)cc(-c4ccccc4)cc3C)c2)n1.[Rh].[Rh].[Rh].[Rh]. The summed E-state index contributed by atoms with van der Waals surface area (Å²) in [5.41, 5.74) is 37.9. The van der Waals surface area contributed by atoms with Crippen LogP contribution in [0.15, 0.2) is 292 Å². The van der Waals surface area contributed by atoms with Crippen LogP contribution in [0.3, 0.4) is 0 Å². The second kappa shape index (κ2) is 37.7. The van der Waals surface area contributed by atoms with Crippen molar-refractivity contribution in [2.45, 2.75) is 83.1 Å². The van der Waals surface area contributed by atoms with E-state index in [2.05, 4.69) is 350 Å². The Morgan fingerprint density at radius 1 is 0.259 bits per heavy atom. The summed E-state index contributed by atoms with van der Waals surface area (Å²) in [5.74, 6) is 0. The van der Waals surface area contributed by atoms with Crippen molar-refractivity contribution in [3.05, 3.63) is 383 Å². The molecule has 4 heterocycles. The minimum absolute atomic E-state index is 0. The molecule has 0 atom stereocenters. The molecule has 0 spiro atoms. The quantitative estimate of drug-likeness (QED) is 0.0903. The van der Waals surface area contributed by atoms with Crippen molar-refractivity contribution >= 4 is 0 Å². The molecule has 0 aliphatic rings. The zero-order chi connectivity index (χ0) is 72.4. The third-order valence-corrected chi connectivity index (χ3v) is 18.9. The summed E-state index contributed by atoms with van der Waals surface area (Å²) < 4.78 is 7.60. The van der Waals surface area contributed by atoms with Crippen molar-refractivity contribution in [2.24, 2.45) is 0 Å². The molecule has 548 valence electrons. The van der Waals surface area contributed by atoms with Gasteiger partial charge in [-0.2, -0.15) is 91.2 Å². The largest absolute Gasteiger partial charge is 0.266 e. The summed E-state index contributed by atoms with van der Waals surface area (Å²) >= 11 is 0. The zero-order valence-corrected chi connectivity index (χ0v) is 69.2. The van der Waals surface area contributed by atoms with Gasteiger partial charge < -0.3 is 0 Å². The van der Waals surface area contributed by atoms with Gasteiger partial charge >= 0.3 is 0 Å². The fourth-order valence-electron chi connectivity index (χ4n) is 14.2. The van der Waals surface area contributed by atoms with E-state index in [1.54, 1.807) is 12.4 Å². The summed E-state index contributed by atoms with van der Waals surface area (Å²) in [5, 5.41) is 17.8. The van der Waals surface area contributed by atoms with Crippen molar-refractivity contribution in [2.75, 3.05) is 0 Å². The molecule has 0 saturated heterocycles. The van der Waals surface area contributed by atoms with Crippen LogP contribution in [-0.4, -0.2) is 39.1 Å². The molecule has 0 N–H and O–H groups in total. The first kappa shape index (κ1) is 82.0. The molecular weight excluding hydrogens is 1680 g/mol. The second-order valence-corrected chi connectivity index (χ2v) is 26.8. The van der Waals surface area contributed by atoms with Crippen molar-refractivity contribution in [1.82, 2.24) is 39.1 Å². The third kappa shape index (κ3) is 19.3. The fraction of sp³-hybridized carbons (Fsp3) is 0.125. The maximum absolute atomic E-state index is 4.60. The minimum atomic E-state index is 0. The minimum Gasteiger partial charge on any atom is -0.266 e. The van der Waals surface area contributed by atoms with Gasteiger partial charge in [0.15, 0.2) is 0 Å². The van der Waals surface area contributed by atoms with Gasteiger partial charge in [-0.3, -0.25) is 18.7 Å². The van der Waals surface area contributed by atoms with Crippen molar-refractivity contribution in [3.63, 3.8) is 0 Å². The van der Waals surface area contributed by atoms with Gasteiger partial charge in [-0.15, -0.1) is 46.5 Å². The van der Waals surface area contributed by atoms with E-state index in [1.165, 1.54) is 122 Å². The number of rotatable bonds is 12. The Morgan fingerprint density at radius 2 is 0.602 bits per heavy atom. The van der Waals surface area contributed by atoms with Crippen LogP contribution in [0, 0.1) is 107 Å². The summed E-state index contributed by atoms with van der Waals surface area (Å²) in [4.78, 5) is 0. The average Bonchev–Trinajstić information content (AvgIpc) is 1.54. The van der Waals surface area contributed by atoms with Crippen LogP contribution >= 0.6 is 0 Å². The third-order valence-electron chi connectivity index (χ3n) is 18.9. The van der Waals surface area contributed by atoms with Gasteiger partial charge in [0, 0.05) is 114 Å². The van der Waals surface area contributed by atoms with Crippen LogP contribution in [0.5, 0.6) is 0 Å². The molecule has 0 unspecified atom stereocenters. The maximum Gasteiger partial charge on any atom is 0.0600 e. The van der Waals surface area contributed by atoms with Crippen LogP contribution in [0.4, 0.5) is 0 Å². The number of aromatic nitrogens is 8. The van der Waals surface area contributed by atoms with Gasteiger partial charge in [0.1, 0.15) is 0 Å². The Bertz CT molecular complexity index is 5490. The Balaban J connectivity index is 0.000000164. The van der Waals surface area contributed by atoms with Gasteiger partial charge in [0.2, 0.25) is 0 Å². The van der Waals surface area contributed by atoms with Gasteiger partial charge in [-0.25, -0.2) is 0 Å². The second-order valence-electron chi connectivity index (χ2n) is 26.8. The predicted molar refractivity (Wildman–Crippen MR) is 430 cm³/mol. The molecular formula is C96H84N8Rh4-4. The molecule has 12 aromatic carbocycles. The normalized spacial score (nSPS) is 10.5. The molecule has 4 radical (unpaired) electrons. The molecule has 0 aliphatic heterocycles. The van der Waals surface area contributed by atoms with Crippen LogP contribution in [-0.2, 0) is 77.9 Å². The van der Waals surface area contributed by atoms with E-state index in [0.717, 1.165) is 56.7 Å². The van der Waals surface area contributed by atoms with Crippen LogP contribution in [0.2, 0.25) is 0 Å². The van der Waals surface area contributed by atoms with E-state index < -0.39 is 0 Å². The first-order valence-electron chi connectivity index (χ1n) is 35.3. The van der Waals surface area contributed by atoms with Gasteiger partial charge in [-0.05, 0) is 164 Å². The molecule has 12 heteroatoms. The number of benzene rings is 12. The maximum atomic E-state index is 4.60. The van der Waals surface area contributed by atoms with Gasteiger partial charge in [0.25, 0.3) is 0 Å². The number of nitrogens with zero attached hydrogens (tertiary/aromatic N) is 8. The number of hydrogen-bond acceptors (Lipinski definition) is 4. The van der Waals surface area contributed by atoms with Gasteiger partial charge in [-0.1, -0.05) is 250 Å². The molecule has 4 aromatic heterocycles. The summed E-state index contributed by atoms with van der Waals surface area (Å²) in [6, 6.07) is 107. The smallest absolute Gasteiger partial charge is 0.0600 e. The number of hydrogen-bond donors (Lipinski definition) is 0. The van der Waals surface area contributed by atoms with E-state index >= 15 is 0 Å². The molecule has 16 aromatic rings. The van der Waals surface area contributed by atoms with E-state index in [9.17, 15) is 0 Å². The van der Waals surface area contributed by atoms with Crippen molar-refractivity contribution in [3.8, 4) is 112 Å². The molecule has 16 rings (SSSR count). The monoisotopic (exact) mass is 1760 g/mol. The molecule has 0 amide bonds. The topological polar surface area (TPSA) is 71.3 Å². The van der Waals surface area contributed by atoms with Crippen LogP contribution in [0.1, 0.15) is 67.3 Å². The van der Waals surface area contributed by atoms with E-state index in [4.69, 9.17) is 0 Å². The molecule has 0 fully saturated rings. The molecule has 0 bridgehead atoms. The van der Waals surface area contributed by atoms with Crippen LogP contribution in [0.25, 0.3) is 112 Å². The molecule has 108 heavy (non-hydrogen) atoms. The molecule has 0 saturated carbocycles. The van der Waals surface area contributed by atoms with Gasteiger partial charge in [0.05, 0.1) is 11.4 Å². The average molecular weight is 1760 g/mol. The van der Waals surface area contributed by atoms with E-state index in [1.807, 2.05) is 75.3 Å². The van der Waals surface area contributed by atoms with Crippen molar-refractivity contribution < 1.29 is 77.9 Å². The van der Waals surface area contributed by atoms with E-state index in [-0.39, 0.29) is 77.9 Å². The van der Waals surface area contributed by atoms with E-state index in [0.29, 0.717) is 0 Å². The first-order chi connectivity index (χ1) is 50.5. The first-order valence-corrected chi connectivity index (χ1v) is 35.3. The zero-order valence-electron chi connectivity index (χ0n) is 62.6. The van der Waals surface area contributed by atoms with Crippen molar-refractivity contribution in [1.29, 1.82) is 0 Å². The fourth-order valence-corrected chi connectivity index (χ4v) is 14.2. The predicted octanol–water partition coefficient (Wildman–Crippen LogP) is 23.7. The summed E-state index contributed by atoms with van der Waals surface area (Å²) in [6.07, 6.45) is 7.43. The summed E-state index contributed by atoms with van der Waals surface area (Å²) in [7, 11) is 0. The standard InChI is InChI=1S/2C25H23N2.2C23H19N2.4Rh/c1-17-13-23(21-9-6-5-7-10-21)14-18(2)25(17)22-11-8-12-24(16-22)27-20(4)15-19(3)26-27;1-17-14-24(27-20(4)16-19(3)26-27)15-18(2)25(17)23-12-10-22(11-13-23)21-8-6-5-7-9-21;1-17-15-21(19-7-4-3-5-8-19)16-18(2)23(17)20-9-11-22(12-10-20)25-14-6-13-24-25;1-17-15-22(25-14-6-13-24-25)16-18(2)23(17)21-11-9-20(10-12-21)19-7-4-3-5-8-19;;;;/h5-11,13-16H,1-4H3;5-14,16H,1-4H3;3-11,13-16H,1-2H3;3-15H,1-2H3;;;;/q4*-1;;;;. The summed E-state index contributed by atoms with van der Waals surface area (Å²) in [6.45, 7) is 25.5. The Hall–Kier alpha value is -10.0. The Kier molecular flexibility index (Phi) is 28.6. The Morgan fingerprint density at radius 3 is 0.972 bits per heavy atom. The van der Waals surface area contributed by atoms with Crippen LogP contribution < -0.4 is 0 Å².